The van der Waals surface area contributed by atoms with Crippen LogP contribution in [0.15, 0.2) is 22.4 Å². The van der Waals surface area contributed by atoms with Crippen LogP contribution in [0.3, 0.4) is 0 Å². The molecule has 1 rings (SSSR count). The highest BCUT2D eigenvalue weighted by molar-refractivity contribution is 6.41. The molecule has 0 heterocycles. The lowest BCUT2D eigenvalue weighted by molar-refractivity contribution is 0.231. The van der Waals surface area contributed by atoms with Crippen molar-refractivity contribution in [3.8, 4) is 0 Å². The van der Waals surface area contributed by atoms with Crippen molar-refractivity contribution in [2.45, 2.75) is 39.4 Å². The first-order chi connectivity index (χ1) is 10.1. The monoisotopic (exact) mass is 365 g/mol. The van der Waals surface area contributed by atoms with E-state index in [0.29, 0.717) is 10.7 Å². The molecule has 0 saturated carbocycles. The molecule has 3 N–H and O–H groups in total. The number of rotatable bonds is 5. The Bertz CT molecular complexity index is 552. The minimum atomic E-state index is -0.844. The largest absolute Gasteiger partial charge is 0.335 e. The molecular weight excluding hydrogens is 349 g/mol. The average Bonchev–Trinajstić information content (AvgIpc) is 2.34. The first kappa shape index (κ1) is 18.8. The van der Waals surface area contributed by atoms with E-state index < -0.39 is 11.7 Å². The lowest BCUT2D eigenvalue weighted by Gasteiger charge is -2.21. The Morgan fingerprint density at radius 2 is 1.73 bits per heavy atom. The second kappa shape index (κ2) is 7.85. The van der Waals surface area contributed by atoms with Crippen molar-refractivity contribution in [2.24, 2.45) is 10.2 Å². The van der Waals surface area contributed by atoms with Crippen LogP contribution in [0.2, 0.25) is 15.1 Å². The molecule has 0 atom stereocenters. The molecule has 22 heavy (non-hydrogen) atoms. The molecule has 0 aromatic heterocycles. The molecule has 6 nitrogen and oxygen atoms in total. The Labute approximate surface area is 144 Å². The van der Waals surface area contributed by atoms with Gasteiger partial charge in [-0.1, -0.05) is 34.8 Å². The summed E-state index contributed by atoms with van der Waals surface area (Å²) in [6, 6.07) is 2.57. The van der Waals surface area contributed by atoms with Gasteiger partial charge < -0.3 is 5.32 Å². The third-order valence-electron chi connectivity index (χ3n) is 2.27. The predicted octanol–water partition coefficient (Wildman–Crippen LogP) is 4.87. The molecule has 122 valence electrons. The summed E-state index contributed by atoms with van der Waals surface area (Å²) in [5.41, 5.74) is 4.58. The van der Waals surface area contributed by atoms with Crippen molar-refractivity contribution in [1.82, 2.24) is 10.7 Å². The Kier molecular flexibility index (Phi) is 6.71. The van der Waals surface area contributed by atoms with Gasteiger partial charge in [0.2, 0.25) is 0 Å². The lowest BCUT2D eigenvalue weighted by Crippen LogP contribution is -2.48. The van der Waals surface area contributed by atoms with E-state index in [1.807, 2.05) is 13.8 Å². The first-order valence-corrected chi connectivity index (χ1v) is 7.65. The molecule has 2 amide bonds. The van der Waals surface area contributed by atoms with Crippen LogP contribution in [0, 0.1) is 0 Å². The van der Waals surface area contributed by atoms with Gasteiger partial charge in [-0.2, -0.15) is 10.2 Å². The summed E-state index contributed by atoms with van der Waals surface area (Å²) in [6.45, 7) is 7.24. The normalized spacial score (nSPS) is 11.8. The van der Waals surface area contributed by atoms with Crippen LogP contribution >= 0.6 is 34.8 Å². The number of anilines is 1. The molecule has 9 heteroatoms. The van der Waals surface area contributed by atoms with Gasteiger partial charge >= 0.3 is 6.03 Å². The number of hydrazine groups is 1. The van der Waals surface area contributed by atoms with E-state index in [4.69, 9.17) is 34.8 Å². The zero-order valence-corrected chi connectivity index (χ0v) is 14.9. The molecule has 0 aliphatic rings. The van der Waals surface area contributed by atoms with Crippen molar-refractivity contribution in [3.05, 3.63) is 27.2 Å². The number of amides is 2. The van der Waals surface area contributed by atoms with Gasteiger partial charge in [0.15, 0.2) is 0 Å². The quantitative estimate of drug-likeness (QED) is 0.513. The van der Waals surface area contributed by atoms with Gasteiger partial charge in [0.25, 0.3) is 0 Å². The predicted molar refractivity (Wildman–Crippen MR) is 90.8 cm³/mol. The van der Waals surface area contributed by atoms with Crippen molar-refractivity contribution in [1.29, 1.82) is 0 Å². The Morgan fingerprint density at radius 1 is 1.18 bits per heavy atom. The van der Waals surface area contributed by atoms with Gasteiger partial charge in [-0.25, -0.2) is 4.79 Å². The number of halogens is 3. The Hall–Kier alpha value is -1.24. The van der Waals surface area contributed by atoms with E-state index in [0.717, 1.165) is 0 Å². The van der Waals surface area contributed by atoms with E-state index in [1.165, 1.54) is 12.1 Å². The van der Waals surface area contributed by atoms with Gasteiger partial charge in [0.05, 0.1) is 21.8 Å². The number of carbonyl (C=O) groups excluding carboxylic acids is 1. The van der Waals surface area contributed by atoms with Crippen molar-refractivity contribution < 1.29 is 4.79 Å². The van der Waals surface area contributed by atoms with E-state index in [9.17, 15) is 4.79 Å². The number of nitrogens with one attached hydrogen (secondary N) is 3. The van der Waals surface area contributed by atoms with Gasteiger partial charge in [-0.15, -0.1) is 0 Å². The molecular formula is C13H18Cl3N5O. The first-order valence-electron chi connectivity index (χ1n) is 6.51. The van der Waals surface area contributed by atoms with Crippen LogP contribution in [-0.4, -0.2) is 17.7 Å². The average molecular weight is 367 g/mol. The second-order valence-corrected chi connectivity index (χ2v) is 6.57. The van der Waals surface area contributed by atoms with Gasteiger partial charge in [-0.3, -0.25) is 10.9 Å². The maximum atomic E-state index is 11.9. The molecule has 0 spiro atoms. The SMILES string of the molecule is CC(C)N=NC(C)(C)NC(=O)NNc1c(Cl)cc(Cl)cc1Cl. The minimum absolute atomic E-state index is 0.0499. The maximum absolute atomic E-state index is 11.9. The van der Waals surface area contributed by atoms with Crippen LogP contribution in [-0.2, 0) is 0 Å². The fourth-order valence-electron chi connectivity index (χ4n) is 1.37. The van der Waals surface area contributed by atoms with E-state index in [2.05, 4.69) is 26.4 Å². The summed E-state index contributed by atoms with van der Waals surface area (Å²) in [5, 5.41) is 11.7. The minimum Gasteiger partial charge on any atom is -0.311 e. The summed E-state index contributed by atoms with van der Waals surface area (Å²) in [6.07, 6.45) is 0. The zero-order chi connectivity index (χ0) is 16.9. The Morgan fingerprint density at radius 3 is 2.23 bits per heavy atom. The molecule has 0 saturated heterocycles. The molecule has 0 fully saturated rings. The standard InChI is InChI=1S/C13H18Cl3N5O/c1-7(2)18-21-13(3,4)17-12(22)20-19-11-9(15)5-8(14)6-10(11)16/h5-7,19H,1-4H3,(H2,17,20,22). The van der Waals surface area contributed by atoms with Crippen molar-refractivity contribution >= 4 is 46.5 Å². The number of hydrogen-bond donors (Lipinski definition) is 3. The summed E-state index contributed by atoms with van der Waals surface area (Å²) >= 11 is 17.8. The van der Waals surface area contributed by atoms with Gasteiger partial charge in [0.1, 0.15) is 5.66 Å². The van der Waals surface area contributed by atoms with Crippen LogP contribution in [0.5, 0.6) is 0 Å². The lowest BCUT2D eigenvalue weighted by atomic mass is 10.3. The molecule has 0 bridgehead atoms. The highest BCUT2D eigenvalue weighted by Gasteiger charge is 2.20. The summed E-state index contributed by atoms with van der Waals surface area (Å²) < 4.78 is 0. The van der Waals surface area contributed by atoms with E-state index in [1.54, 1.807) is 13.8 Å². The zero-order valence-electron chi connectivity index (χ0n) is 12.7. The van der Waals surface area contributed by atoms with Crippen LogP contribution in [0.4, 0.5) is 10.5 Å². The fraction of sp³-hybridized carbons (Fsp3) is 0.462. The van der Waals surface area contributed by atoms with Gasteiger partial charge in [0, 0.05) is 5.02 Å². The molecule has 0 aliphatic heterocycles. The molecule has 1 aromatic rings. The number of nitrogens with zero attached hydrogens (tertiary/aromatic N) is 2. The number of benzene rings is 1. The summed E-state index contributed by atoms with van der Waals surface area (Å²) in [5.74, 6) is 0. The van der Waals surface area contributed by atoms with Crippen molar-refractivity contribution in [3.63, 3.8) is 0 Å². The van der Waals surface area contributed by atoms with Crippen molar-refractivity contribution in [2.75, 3.05) is 5.43 Å². The highest BCUT2D eigenvalue weighted by Crippen LogP contribution is 2.33. The van der Waals surface area contributed by atoms with Crippen LogP contribution in [0.25, 0.3) is 0 Å². The summed E-state index contributed by atoms with van der Waals surface area (Å²) in [4.78, 5) is 11.9. The Balaban J connectivity index is 2.64. The van der Waals surface area contributed by atoms with E-state index in [-0.39, 0.29) is 16.1 Å². The molecule has 0 unspecified atom stereocenters. The molecule has 0 radical (unpaired) electrons. The summed E-state index contributed by atoms with van der Waals surface area (Å²) in [7, 11) is 0. The number of urea groups is 1. The smallest absolute Gasteiger partial charge is 0.311 e. The van der Waals surface area contributed by atoms with Crippen LogP contribution < -0.4 is 16.2 Å². The third kappa shape index (κ3) is 6.25. The van der Waals surface area contributed by atoms with Crippen LogP contribution in [0.1, 0.15) is 27.7 Å². The number of carbonyl (C=O) groups is 1. The molecule has 1 aromatic carbocycles. The van der Waals surface area contributed by atoms with E-state index >= 15 is 0 Å². The maximum Gasteiger partial charge on any atom is 0.335 e. The topological polar surface area (TPSA) is 77.9 Å². The number of hydrogen-bond acceptors (Lipinski definition) is 4. The second-order valence-electron chi connectivity index (χ2n) is 5.32. The fourth-order valence-corrected chi connectivity index (χ4v) is 2.29. The number of azo groups is 1. The third-order valence-corrected chi connectivity index (χ3v) is 3.08. The molecule has 0 aliphatic carbocycles. The highest BCUT2D eigenvalue weighted by atomic mass is 35.5. The van der Waals surface area contributed by atoms with Gasteiger partial charge in [-0.05, 0) is 39.8 Å².